The van der Waals surface area contributed by atoms with Gasteiger partial charge in [0.15, 0.2) is 0 Å². The Balaban J connectivity index is 0.000000459. The van der Waals surface area contributed by atoms with Crippen LogP contribution in [0, 0.1) is 5.92 Å². The Morgan fingerprint density at radius 2 is 1.79 bits per heavy atom. The predicted octanol–water partition coefficient (Wildman–Crippen LogP) is -1.80. The van der Waals surface area contributed by atoms with Gasteiger partial charge in [0.25, 0.3) is 0 Å². The topological polar surface area (TPSA) is 139 Å². The van der Waals surface area contributed by atoms with Gasteiger partial charge in [-0.3, -0.25) is 0 Å². The van der Waals surface area contributed by atoms with E-state index in [9.17, 15) is 5.11 Å². The molecule has 0 spiro atoms. The molecule has 2 unspecified atom stereocenters. The molecular formula is C11H21NO7. The maximum absolute atomic E-state index is 9.21. The van der Waals surface area contributed by atoms with Gasteiger partial charge in [-0.25, -0.2) is 9.59 Å². The molecule has 112 valence electrons. The molecule has 8 heteroatoms. The third-order valence-electron chi connectivity index (χ3n) is 2.72. The first kappa shape index (κ1) is 17.8. The maximum Gasteiger partial charge on any atom is 0.414 e. The Bertz CT molecular complexity index is 270. The van der Waals surface area contributed by atoms with Crippen LogP contribution in [0.25, 0.3) is 0 Å². The van der Waals surface area contributed by atoms with Crippen LogP contribution in [-0.4, -0.2) is 81.3 Å². The third kappa shape index (κ3) is 8.49. The average molecular weight is 279 g/mol. The monoisotopic (exact) mass is 279 g/mol. The van der Waals surface area contributed by atoms with Gasteiger partial charge in [-0.05, 0) is 25.3 Å². The van der Waals surface area contributed by atoms with Crippen LogP contribution in [0.2, 0.25) is 0 Å². The number of aliphatic hydroxyl groups is 3. The van der Waals surface area contributed by atoms with E-state index in [0.717, 1.165) is 25.9 Å². The molecule has 2 atom stereocenters. The lowest BCUT2D eigenvalue weighted by Crippen LogP contribution is -2.42. The van der Waals surface area contributed by atoms with E-state index in [1.807, 2.05) is 0 Å². The van der Waals surface area contributed by atoms with Crippen molar-refractivity contribution in [2.45, 2.75) is 18.9 Å². The highest BCUT2D eigenvalue weighted by atomic mass is 16.4. The number of likely N-dealkylation sites (tertiary alicyclic amines) is 1. The molecule has 1 aliphatic rings. The fourth-order valence-corrected chi connectivity index (χ4v) is 1.82. The van der Waals surface area contributed by atoms with Gasteiger partial charge < -0.3 is 30.4 Å². The van der Waals surface area contributed by atoms with Gasteiger partial charge in [-0.1, -0.05) is 0 Å². The summed E-state index contributed by atoms with van der Waals surface area (Å²) >= 11 is 0. The van der Waals surface area contributed by atoms with Gasteiger partial charge in [0.05, 0.1) is 12.7 Å². The number of carboxylic acids is 2. The van der Waals surface area contributed by atoms with Gasteiger partial charge in [-0.15, -0.1) is 0 Å². The summed E-state index contributed by atoms with van der Waals surface area (Å²) in [7, 11) is 0. The van der Waals surface area contributed by atoms with Crippen molar-refractivity contribution < 1.29 is 35.1 Å². The minimum Gasteiger partial charge on any atom is -0.473 e. The molecule has 1 rings (SSSR count). The molecule has 1 saturated heterocycles. The smallest absolute Gasteiger partial charge is 0.414 e. The van der Waals surface area contributed by atoms with E-state index in [1.165, 1.54) is 0 Å². The Labute approximate surface area is 110 Å². The zero-order valence-electron chi connectivity index (χ0n) is 10.6. The summed E-state index contributed by atoms with van der Waals surface area (Å²) in [5.74, 6) is -3.30. The van der Waals surface area contributed by atoms with Gasteiger partial charge in [-0.2, -0.15) is 0 Å². The van der Waals surface area contributed by atoms with Crippen LogP contribution in [0.4, 0.5) is 0 Å². The lowest BCUT2D eigenvalue weighted by atomic mass is 9.99. The first-order valence-corrected chi connectivity index (χ1v) is 5.99. The van der Waals surface area contributed by atoms with Crippen molar-refractivity contribution in [1.82, 2.24) is 4.90 Å². The zero-order chi connectivity index (χ0) is 14.8. The number of hydrogen-bond acceptors (Lipinski definition) is 6. The van der Waals surface area contributed by atoms with E-state index in [4.69, 9.17) is 30.0 Å². The predicted molar refractivity (Wildman–Crippen MR) is 64.6 cm³/mol. The highest BCUT2D eigenvalue weighted by Crippen LogP contribution is 2.15. The summed E-state index contributed by atoms with van der Waals surface area (Å²) in [5.41, 5.74) is 0. The molecule has 0 saturated carbocycles. The lowest BCUT2D eigenvalue weighted by Gasteiger charge is -2.32. The second-order valence-electron chi connectivity index (χ2n) is 4.40. The maximum atomic E-state index is 9.21. The summed E-state index contributed by atoms with van der Waals surface area (Å²) < 4.78 is 0. The van der Waals surface area contributed by atoms with E-state index in [1.54, 1.807) is 0 Å². The number of aliphatic carboxylic acids is 2. The summed E-state index contributed by atoms with van der Waals surface area (Å²) in [5, 5.41) is 41.6. The molecular weight excluding hydrogens is 258 g/mol. The van der Waals surface area contributed by atoms with Crippen molar-refractivity contribution in [2.75, 3.05) is 32.8 Å². The van der Waals surface area contributed by atoms with E-state index in [2.05, 4.69) is 4.90 Å². The summed E-state index contributed by atoms with van der Waals surface area (Å²) in [4.78, 5) is 20.3. The number of β-amino-alcohol motifs (C(OH)–C–C–N with tert-alkyl or cyclic N) is 1. The van der Waals surface area contributed by atoms with E-state index in [-0.39, 0.29) is 13.2 Å². The van der Waals surface area contributed by atoms with Crippen molar-refractivity contribution in [2.24, 2.45) is 5.92 Å². The summed E-state index contributed by atoms with van der Waals surface area (Å²) in [6, 6.07) is 0. The molecule has 0 aromatic heterocycles. The van der Waals surface area contributed by atoms with Gasteiger partial charge in [0.1, 0.15) is 0 Å². The number of hydrogen-bond donors (Lipinski definition) is 5. The Morgan fingerprint density at radius 3 is 2.21 bits per heavy atom. The normalized spacial score (nSPS) is 21.1. The molecule has 0 aromatic rings. The van der Waals surface area contributed by atoms with Crippen molar-refractivity contribution in [1.29, 1.82) is 0 Å². The molecule has 0 radical (unpaired) electrons. The molecule has 0 bridgehead atoms. The first-order valence-electron chi connectivity index (χ1n) is 5.99. The molecule has 0 amide bonds. The van der Waals surface area contributed by atoms with Crippen LogP contribution >= 0.6 is 0 Å². The second-order valence-corrected chi connectivity index (χ2v) is 4.40. The highest BCUT2D eigenvalue weighted by Gasteiger charge is 2.20. The minimum absolute atomic E-state index is 0.180. The van der Waals surface area contributed by atoms with Crippen LogP contribution in [0.3, 0.4) is 0 Å². The van der Waals surface area contributed by atoms with Crippen LogP contribution < -0.4 is 0 Å². The molecule has 0 aromatic carbocycles. The SMILES string of the molecule is O=C(O)C(=O)O.OCC(O)CN1CCCC(CO)C1. The quantitative estimate of drug-likeness (QED) is 0.380. The van der Waals surface area contributed by atoms with Crippen LogP contribution in [0.15, 0.2) is 0 Å². The number of carboxylic acid groups (broad SMARTS) is 2. The molecule has 8 nitrogen and oxygen atoms in total. The summed E-state index contributed by atoms with van der Waals surface area (Å²) in [6.45, 7) is 2.38. The Hall–Kier alpha value is -1.22. The molecule has 1 heterocycles. The summed E-state index contributed by atoms with van der Waals surface area (Å²) in [6.07, 6.45) is 1.50. The van der Waals surface area contributed by atoms with Crippen LogP contribution in [0.5, 0.6) is 0 Å². The number of aliphatic hydroxyl groups excluding tert-OH is 3. The highest BCUT2D eigenvalue weighted by molar-refractivity contribution is 6.27. The van der Waals surface area contributed by atoms with Crippen LogP contribution in [0.1, 0.15) is 12.8 Å². The number of piperidine rings is 1. The largest absolute Gasteiger partial charge is 0.473 e. The molecule has 5 N–H and O–H groups in total. The minimum atomic E-state index is -1.82. The third-order valence-corrected chi connectivity index (χ3v) is 2.72. The molecule has 1 fully saturated rings. The van der Waals surface area contributed by atoms with E-state index < -0.39 is 18.0 Å². The zero-order valence-corrected chi connectivity index (χ0v) is 10.6. The average Bonchev–Trinajstić information content (AvgIpc) is 2.39. The van der Waals surface area contributed by atoms with Gasteiger partial charge in [0.2, 0.25) is 0 Å². The van der Waals surface area contributed by atoms with Crippen LogP contribution in [-0.2, 0) is 9.59 Å². The van der Waals surface area contributed by atoms with Gasteiger partial charge in [0, 0.05) is 19.7 Å². The number of carbonyl (C=O) groups is 2. The lowest BCUT2D eigenvalue weighted by molar-refractivity contribution is -0.159. The van der Waals surface area contributed by atoms with E-state index >= 15 is 0 Å². The Morgan fingerprint density at radius 1 is 1.21 bits per heavy atom. The first-order chi connectivity index (χ1) is 8.90. The molecule has 1 aliphatic heterocycles. The number of rotatable bonds is 4. The van der Waals surface area contributed by atoms with Crippen molar-refractivity contribution in [3.05, 3.63) is 0 Å². The molecule has 0 aliphatic carbocycles. The van der Waals surface area contributed by atoms with Gasteiger partial charge >= 0.3 is 11.9 Å². The Kier molecular flexibility index (Phi) is 9.06. The van der Waals surface area contributed by atoms with Crippen molar-refractivity contribution in [3.8, 4) is 0 Å². The number of nitrogens with zero attached hydrogens (tertiary/aromatic N) is 1. The standard InChI is InChI=1S/C9H19NO3.C2H2O4/c11-6-8-2-1-3-10(4-8)5-9(13)7-12;3-1(4)2(5)6/h8-9,11-13H,1-7H2;(H,3,4)(H,5,6). The van der Waals surface area contributed by atoms with Crippen molar-refractivity contribution in [3.63, 3.8) is 0 Å². The fraction of sp³-hybridized carbons (Fsp3) is 0.818. The van der Waals surface area contributed by atoms with E-state index in [0.29, 0.717) is 12.5 Å². The fourth-order valence-electron chi connectivity index (χ4n) is 1.82. The van der Waals surface area contributed by atoms with Crippen molar-refractivity contribution >= 4 is 11.9 Å². The molecule has 19 heavy (non-hydrogen) atoms. The second kappa shape index (κ2) is 9.68.